The molecule has 0 atom stereocenters. The van der Waals surface area contributed by atoms with Gasteiger partial charge >= 0.3 is 5.97 Å². The number of amides is 1. The number of halogens is 1. The molecule has 0 saturated heterocycles. The Morgan fingerprint density at radius 2 is 1.64 bits per heavy atom. The van der Waals surface area contributed by atoms with Crippen molar-refractivity contribution in [2.75, 3.05) is 23.7 Å². The number of carboxylic acids is 1. The zero-order valence-electron chi connectivity index (χ0n) is 20.5. The summed E-state index contributed by atoms with van der Waals surface area (Å²) >= 11 is 0. The predicted octanol–water partition coefficient (Wildman–Crippen LogP) is 5.62. The Morgan fingerprint density at radius 1 is 0.972 bits per heavy atom. The number of hydrogen-bond acceptors (Lipinski definition) is 4. The molecule has 0 saturated carbocycles. The summed E-state index contributed by atoms with van der Waals surface area (Å²) in [5, 5.41) is 15.2. The first-order valence-corrected chi connectivity index (χ1v) is 12.1. The van der Waals surface area contributed by atoms with Gasteiger partial charge in [0, 0.05) is 24.2 Å². The maximum Gasteiger partial charge on any atom is 0.303 e. The molecule has 4 rings (SSSR count). The average Bonchev–Trinajstić information content (AvgIpc) is 3.20. The van der Waals surface area contributed by atoms with Gasteiger partial charge in [0.25, 0.3) is 5.91 Å². The minimum Gasteiger partial charge on any atom is -0.481 e. The maximum absolute atomic E-state index is 13.8. The van der Waals surface area contributed by atoms with Crippen molar-refractivity contribution in [1.82, 2.24) is 4.90 Å². The lowest BCUT2D eigenvalue weighted by Gasteiger charge is -2.19. The first-order valence-electron chi connectivity index (χ1n) is 12.1. The van der Waals surface area contributed by atoms with Crippen LogP contribution in [0, 0.1) is 5.82 Å². The summed E-state index contributed by atoms with van der Waals surface area (Å²) in [5.41, 5.74) is 5.75. The summed E-state index contributed by atoms with van der Waals surface area (Å²) in [5.74, 6) is -1.58. The van der Waals surface area contributed by atoms with Gasteiger partial charge in [-0.1, -0.05) is 50.2 Å². The van der Waals surface area contributed by atoms with Crippen LogP contribution in [0.3, 0.4) is 0 Å². The Hall–Kier alpha value is -3.97. The van der Waals surface area contributed by atoms with Crippen LogP contribution in [-0.2, 0) is 22.6 Å². The first-order chi connectivity index (χ1) is 17.4. The smallest absolute Gasteiger partial charge is 0.303 e. The fourth-order valence-electron chi connectivity index (χ4n) is 4.30. The Balaban J connectivity index is 1.70. The molecule has 0 spiro atoms. The summed E-state index contributed by atoms with van der Waals surface area (Å²) in [4.78, 5) is 26.3. The summed E-state index contributed by atoms with van der Waals surface area (Å²) in [6.07, 6.45) is 0.471. The van der Waals surface area contributed by atoms with E-state index in [-0.39, 0.29) is 12.3 Å². The van der Waals surface area contributed by atoms with E-state index in [0.717, 1.165) is 36.4 Å². The van der Waals surface area contributed by atoms with E-state index in [1.165, 1.54) is 17.7 Å². The monoisotopic (exact) mass is 487 g/mol. The van der Waals surface area contributed by atoms with Crippen molar-refractivity contribution in [2.45, 2.75) is 33.2 Å². The molecule has 7 heteroatoms. The molecule has 3 aromatic carbocycles. The first kappa shape index (κ1) is 25.1. The molecule has 0 radical (unpaired) electrons. The van der Waals surface area contributed by atoms with Crippen LogP contribution in [0.5, 0.6) is 0 Å². The molecule has 0 bridgehead atoms. The van der Waals surface area contributed by atoms with Gasteiger partial charge in [-0.25, -0.2) is 4.39 Å². The summed E-state index contributed by atoms with van der Waals surface area (Å²) in [7, 11) is 0. The lowest BCUT2D eigenvalue weighted by molar-refractivity contribution is -0.137. The minimum atomic E-state index is -0.848. The number of carbonyl (C=O) groups is 2. The van der Waals surface area contributed by atoms with Gasteiger partial charge < -0.3 is 15.7 Å². The fraction of sp³-hybridized carbons (Fsp3) is 0.241. The van der Waals surface area contributed by atoms with Gasteiger partial charge in [-0.15, -0.1) is 0 Å². The molecule has 1 amide bonds. The van der Waals surface area contributed by atoms with E-state index in [1.54, 1.807) is 6.07 Å². The zero-order valence-corrected chi connectivity index (χ0v) is 20.5. The molecule has 3 aromatic rings. The van der Waals surface area contributed by atoms with Crippen molar-refractivity contribution in [2.24, 2.45) is 0 Å². The summed E-state index contributed by atoms with van der Waals surface area (Å²) < 4.78 is 13.8. The quantitative estimate of drug-likeness (QED) is 0.324. The van der Waals surface area contributed by atoms with E-state index in [1.807, 2.05) is 36.4 Å². The van der Waals surface area contributed by atoms with Crippen molar-refractivity contribution in [1.29, 1.82) is 0 Å². The van der Waals surface area contributed by atoms with Crippen molar-refractivity contribution < 1.29 is 19.1 Å². The lowest BCUT2D eigenvalue weighted by Crippen LogP contribution is -2.22. The van der Waals surface area contributed by atoms with Crippen LogP contribution in [-0.4, -0.2) is 35.0 Å². The van der Waals surface area contributed by atoms with Crippen LogP contribution >= 0.6 is 0 Å². The van der Waals surface area contributed by atoms with E-state index >= 15 is 0 Å². The number of carbonyl (C=O) groups excluding carboxylic acids is 1. The molecule has 36 heavy (non-hydrogen) atoms. The van der Waals surface area contributed by atoms with Crippen molar-refractivity contribution in [3.63, 3.8) is 0 Å². The van der Waals surface area contributed by atoms with Gasteiger partial charge in [0.05, 0.1) is 17.0 Å². The number of nitrogens with one attached hydrogen (secondary N) is 2. The minimum absolute atomic E-state index is 0.0483. The van der Waals surface area contributed by atoms with E-state index in [9.17, 15) is 14.0 Å². The second-order valence-electron chi connectivity index (χ2n) is 8.77. The third-order valence-electron chi connectivity index (χ3n) is 6.37. The molecule has 1 aliphatic heterocycles. The fourth-order valence-corrected chi connectivity index (χ4v) is 4.30. The van der Waals surface area contributed by atoms with Gasteiger partial charge in [0.15, 0.2) is 0 Å². The van der Waals surface area contributed by atoms with Gasteiger partial charge in [-0.2, -0.15) is 0 Å². The number of nitrogens with zero attached hydrogens (tertiary/aromatic N) is 1. The van der Waals surface area contributed by atoms with Crippen LogP contribution in [0.25, 0.3) is 11.3 Å². The van der Waals surface area contributed by atoms with Gasteiger partial charge in [-0.3, -0.25) is 14.5 Å². The molecule has 1 aliphatic rings. The van der Waals surface area contributed by atoms with E-state index in [2.05, 4.69) is 41.5 Å². The van der Waals surface area contributed by atoms with Crippen LogP contribution in [0.2, 0.25) is 0 Å². The molecule has 3 N–H and O–H groups in total. The number of carboxylic acid groups (broad SMARTS) is 1. The highest BCUT2D eigenvalue weighted by atomic mass is 19.1. The molecule has 0 aliphatic carbocycles. The molecular weight excluding hydrogens is 457 g/mol. The van der Waals surface area contributed by atoms with Crippen molar-refractivity contribution >= 4 is 34.5 Å². The van der Waals surface area contributed by atoms with Gasteiger partial charge in [0.2, 0.25) is 0 Å². The number of anilines is 2. The second-order valence-corrected chi connectivity index (χ2v) is 8.77. The van der Waals surface area contributed by atoms with E-state index < -0.39 is 11.8 Å². The van der Waals surface area contributed by atoms with E-state index in [0.29, 0.717) is 28.9 Å². The maximum atomic E-state index is 13.8. The zero-order chi connectivity index (χ0) is 25.7. The number of hydrogen-bond donors (Lipinski definition) is 3. The van der Waals surface area contributed by atoms with Crippen LogP contribution in [0.4, 0.5) is 15.8 Å². The normalized spacial score (nSPS) is 13.9. The molecule has 186 valence electrons. The predicted molar refractivity (Wildman–Crippen MR) is 141 cm³/mol. The Kier molecular flexibility index (Phi) is 7.80. The molecule has 1 heterocycles. The third kappa shape index (κ3) is 5.80. The van der Waals surface area contributed by atoms with Crippen LogP contribution in [0.15, 0.2) is 66.7 Å². The number of rotatable bonds is 10. The SMILES string of the molecule is CCN(CC)Cc1ccc(NC(=C2C(=O)Nc3cc(F)ccc32)c2ccc(CCC(=O)O)cc2)cc1. The Bertz CT molecular complexity index is 1280. The molecule has 6 nitrogen and oxygen atoms in total. The highest BCUT2D eigenvalue weighted by Crippen LogP contribution is 2.38. The number of fused-ring (bicyclic) bond motifs is 1. The number of aryl methyl sites for hydroxylation is 1. The third-order valence-corrected chi connectivity index (χ3v) is 6.37. The van der Waals surface area contributed by atoms with Crippen molar-refractivity contribution in [3.8, 4) is 0 Å². The standard InChI is InChI=1S/C29H30FN3O3/c1-3-33(4-2)18-20-7-13-23(14-8-20)31-28(21-10-5-19(6-11-21)9-16-26(34)35)27-24-15-12-22(30)17-25(24)32-29(27)36/h5-8,10-15,17,31H,3-4,9,16,18H2,1-2H3,(H,32,36)(H,34,35). The average molecular weight is 488 g/mol. The second kappa shape index (κ2) is 11.2. The molecule has 0 aromatic heterocycles. The number of benzene rings is 3. The molecule has 0 fully saturated rings. The highest BCUT2D eigenvalue weighted by Gasteiger charge is 2.28. The lowest BCUT2D eigenvalue weighted by atomic mass is 9.98. The molecule has 0 unspecified atom stereocenters. The van der Waals surface area contributed by atoms with E-state index in [4.69, 9.17) is 5.11 Å². The summed E-state index contributed by atoms with van der Waals surface area (Å²) in [6, 6.07) is 19.8. The molecular formula is C29H30FN3O3. The largest absolute Gasteiger partial charge is 0.481 e. The van der Waals surface area contributed by atoms with Crippen LogP contribution < -0.4 is 10.6 Å². The van der Waals surface area contributed by atoms with Gasteiger partial charge in [0.1, 0.15) is 5.82 Å². The van der Waals surface area contributed by atoms with Gasteiger partial charge in [-0.05, 0) is 66.5 Å². The van der Waals surface area contributed by atoms with Crippen molar-refractivity contribution in [3.05, 3.63) is 94.8 Å². The topological polar surface area (TPSA) is 81.7 Å². The highest BCUT2D eigenvalue weighted by molar-refractivity contribution is 6.37. The number of aliphatic carboxylic acids is 1. The Morgan fingerprint density at radius 3 is 2.28 bits per heavy atom. The van der Waals surface area contributed by atoms with Crippen LogP contribution in [0.1, 0.15) is 42.5 Å². The summed E-state index contributed by atoms with van der Waals surface area (Å²) in [6.45, 7) is 7.09. The Labute approximate surface area is 210 Å².